The van der Waals surface area contributed by atoms with E-state index in [4.69, 9.17) is 4.74 Å². The molecule has 0 aliphatic carbocycles. The molecule has 3 heteroatoms. The molecular weight excluding hydrogens is 238 g/mol. The minimum atomic E-state index is 0.242. The van der Waals surface area contributed by atoms with E-state index in [1.165, 1.54) is 29.5 Å². The lowest BCUT2D eigenvalue weighted by Gasteiger charge is -2.29. The predicted molar refractivity (Wildman–Crippen MR) is 77.7 cm³/mol. The zero-order chi connectivity index (χ0) is 13.8. The van der Waals surface area contributed by atoms with E-state index in [-0.39, 0.29) is 6.61 Å². The first kappa shape index (κ1) is 14.4. The van der Waals surface area contributed by atoms with Gasteiger partial charge in [0, 0.05) is 12.6 Å². The first-order valence-corrected chi connectivity index (χ1v) is 7.18. The lowest BCUT2D eigenvalue weighted by Crippen LogP contribution is -2.27. The van der Waals surface area contributed by atoms with Crippen molar-refractivity contribution in [2.45, 2.75) is 39.2 Å². The van der Waals surface area contributed by atoms with Crippen LogP contribution >= 0.6 is 0 Å². The van der Waals surface area contributed by atoms with Gasteiger partial charge in [0.15, 0.2) is 0 Å². The number of hydrogen-bond acceptors (Lipinski definition) is 3. The summed E-state index contributed by atoms with van der Waals surface area (Å²) >= 11 is 0. The van der Waals surface area contributed by atoms with Crippen molar-refractivity contribution in [1.29, 1.82) is 0 Å². The number of hydrogen-bond donors (Lipinski definition) is 1. The number of benzene rings is 1. The van der Waals surface area contributed by atoms with Crippen molar-refractivity contribution >= 4 is 0 Å². The highest BCUT2D eigenvalue weighted by atomic mass is 16.5. The van der Waals surface area contributed by atoms with Crippen molar-refractivity contribution in [2.75, 3.05) is 26.8 Å². The Bertz CT molecular complexity index is 425. The second kappa shape index (κ2) is 6.40. The number of likely N-dealkylation sites (tertiary alicyclic amines) is 1. The molecule has 0 spiro atoms. The fraction of sp³-hybridized carbons (Fsp3) is 0.625. The van der Waals surface area contributed by atoms with Gasteiger partial charge in [0.25, 0.3) is 0 Å². The van der Waals surface area contributed by atoms with Crippen LogP contribution in [0.1, 0.15) is 42.0 Å². The summed E-state index contributed by atoms with van der Waals surface area (Å²) in [6.45, 7) is 6.81. The maximum atomic E-state index is 9.37. The van der Waals surface area contributed by atoms with Crippen LogP contribution < -0.4 is 4.74 Å². The second-order valence-corrected chi connectivity index (χ2v) is 5.38. The normalized spacial score (nSPS) is 17.7. The highest BCUT2D eigenvalue weighted by Crippen LogP contribution is 2.34. The van der Waals surface area contributed by atoms with Gasteiger partial charge in [-0.05, 0) is 69.0 Å². The molecule has 3 nitrogen and oxygen atoms in total. The van der Waals surface area contributed by atoms with Gasteiger partial charge in [-0.1, -0.05) is 6.07 Å². The summed E-state index contributed by atoms with van der Waals surface area (Å²) < 4.78 is 5.38. The van der Waals surface area contributed by atoms with E-state index in [0.29, 0.717) is 6.04 Å². The van der Waals surface area contributed by atoms with Crippen molar-refractivity contribution in [3.8, 4) is 5.75 Å². The molecule has 106 valence electrons. The fourth-order valence-corrected chi connectivity index (χ4v) is 3.11. The summed E-state index contributed by atoms with van der Waals surface area (Å²) in [7, 11) is 1.72. The summed E-state index contributed by atoms with van der Waals surface area (Å²) in [5.41, 5.74) is 3.85. The number of rotatable bonds is 5. The molecule has 1 aliphatic heterocycles. The van der Waals surface area contributed by atoms with Crippen molar-refractivity contribution in [3.63, 3.8) is 0 Å². The van der Waals surface area contributed by atoms with E-state index in [2.05, 4.69) is 30.9 Å². The molecule has 1 aromatic carbocycles. The third kappa shape index (κ3) is 2.93. The molecule has 1 fully saturated rings. The molecule has 19 heavy (non-hydrogen) atoms. The average Bonchev–Trinajstić information content (AvgIpc) is 2.93. The van der Waals surface area contributed by atoms with Crippen LogP contribution in [0.3, 0.4) is 0 Å². The molecular formula is C16H25NO2. The Morgan fingerprint density at radius 3 is 2.47 bits per heavy atom. The van der Waals surface area contributed by atoms with Crippen LogP contribution in [-0.2, 0) is 0 Å². The molecule has 0 radical (unpaired) electrons. The van der Waals surface area contributed by atoms with E-state index < -0.39 is 0 Å². The molecule has 0 aromatic heterocycles. The summed E-state index contributed by atoms with van der Waals surface area (Å²) in [4.78, 5) is 2.50. The van der Waals surface area contributed by atoms with Crippen molar-refractivity contribution in [3.05, 3.63) is 28.8 Å². The highest BCUT2D eigenvalue weighted by molar-refractivity contribution is 5.44. The number of aliphatic hydroxyl groups is 1. The van der Waals surface area contributed by atoms with E-state index in [1.54, 1.807) is 7.11 Å². The van der Waals surface area contributed by atoms with Crippen molar-refractivity contribution in [1.82, 2.24) is 4.90 Å². The van der Waals surface area contributed by atoms with Crippen LogP contribution in [0, 0.1) is 13.8 Å². The van der Waals surface area contributed by atoms with E-state index in [0.717, 1.165) is 25.3 Å². The fourth-order valence-electron chi connectivity index (χ4n) is 3.11. The molecule has 1 N–H and O–H groups in total. The minimum absolute atomic E-state index is 0.242. The quantitative estimate of drug-likeness (QED) is 0.886. The first-order chi connectivity index (χ1) is 9.19. The Kier molecular flexibility index (Phi) is 4.83. The zero-order valence-corrected chi connectivity index (χ0v) is 12.3. The number of methoxy groups -OCH3 is 1. The van der Waals surface area contributed by atoms with Crippen LogP contribution in [0.15, 0.2) is 12.1 Å². The summed E-state index contributed by atoms with van der Waals surface area (Å²) in [5, 5.41) is 9.37. The standard InChI is InChI=1S/C16H25NO2/c1-12-13(2)16(19-3)7-6-14(12)15(8-11-18)17-9-4-5-10-17/h6-7,15,18H,4-5,8-11H2,1-3H3. The number of aliphatic hydroxyl groups excluding tert-OH is 1. The Morgan fingerprint density at radius 1 is 1.21 bits per heavy atom. The monoisotopic (exact) mass is 263 g/mol. The Morgan fingerprint density at radius 2 is 1.89 bits per heavy atom. The van der Waals surface area contributed by atoms with Crippen molar-refractivity contribution < 1.29 is 9.84 Å². The van der Waals surface area contributed by atoms with Crippen LogP contribution in [0.4, 0.5) is 0 Å². The van der Waals surface area contributed by atoms with E-state index in [9.17, 15) is 5.11 Å². The lowest BCUT2D eigenvalue weighted by atomic mass is 9.94. The molecule has 0 amide bonds. The van der Waals surface area contributed by atoms with Gasteiger partial charge in [-0.2, -0.15) is 0 Å². The summed E-state index contributed by atoms with van der Waals surface area (Å²) in [6, 6.07) is 4.56. The molecule has 1 heterocycles. The third-order valence-corrected chi connectivity index (χ3v) is 4.34. The highest BCUT2D eigenvalue weighted by Gasteiger charge is 2.25. The van der Waals surface area contributed by atoms with Gasteiger partial charge in [0.05, 0.1) is 7.11 Å². The summed E-state index contributed by atoms with van der Waals surface area (Å²) in [5.74, 6) is 0.949. The topological polar surface area (TPSA) is 32.7 Å². The Labute approximate surface area is 116 Å². The largest absolute Gasteiger partial charge is 0.496 e. The van der Waals surface area contributed by atoms with Gasteiger partial charge in [-0.25, -0.2) is 0 Å². The van der Waals surface area contributed by atoms with Crippen molar-refractivity contribution in [2.24, 2.45) is 0 Å². The maximum absolute atomic E-state index is 9.37. The van der Waals surface area contributed by atoms with Gasteiger partial charge in [-0.15, -0.1) is 0 Å². The van der Waals surface area contributed by atoms with Crippen LogP contribution in [0.2, 0.25) is 0 Å². The molecule has 1 saturated heterocycles. The average molecular weight is 263 g/mol. The molecule has 1 aromatic rings. The van der Waals surface area contributed by atoms with Gasteiger partial charge in [0.1, 0.15) is 5.75 Å². The van der Waals surface area contributed by atoms with Gasteiger partial charge < -0.3 is 9.84 Å². The van der Waals surface area contributed by atoms with E-state index in [1.807, 2.05) is 0 Å². The molecule has 1 unspecified atom stereocenters. The number of ether oxygens (including phenoxy) is 1. The second-order valence-electron chi connectivity index (χ2n) is 5.38. The van der Waals surface area contributed by atoms with Crippen LogP contribution in [0.25, 0.3) is 0 Å². The Balaban J connectivity index is 2.33. The molecule has 0 saturated carbocycles. The lowest BCUT2D eigenvalue weighted by molar-refractivity contribution is 0.185. The SMILES string of the molecule is COc1ccc(C(CCO)N2CCCC2)c(C)c1C. The number of nitrogens with zero attached hydrogens (tertiary/aromatic N) is 1. The predicted octanol–water partition coefficient (Wildman–Crippen LogP) is 2.83. The smallest absolute Gasteiger partial charge is 0.122 e. The van der Waals surface area contributed by atoms with Gasteiger partial charge in [0.2, 0.25) is 0 Å². The molecule has 1 atom stereocenters. The Hall–Kier alpha value is -1.06. The van der Waals surface area contributed by atoms with Crippen LogP contribution in [-0.4, -0.2) is 36.8 Å². The first-order valence-electron chi connectivity index (χ1n) is 7.18. The zero-order valence-electron chi connectivity index (χ0n) is 12.3. The molecule has 2 rings (SSSR count). The minimum Gasteiger partial charge on any atom is -0.496 e. The van der Waals surface area contributed by atoms with Gasteiger partial charge >= 0.3 is 0 Å². The van der Waals surface area contributed by atoms with E-state index >= 15 is 0 Å². The maximum Gasteiger partial charge on any atom is 0.122 e. The van der Waals surface area contributed by atoms with Gasteiger partial charge in [-0.3, -0.25) is 4.90 Å². The molecule has 1 aliphatic rings. The third-order valence-electron chi connectivity index (χ3n) is 4.34. The summed E-state index contributed by atoms with van der Waals surface area (Å²) in [6.07, 6.45) is 3.36. The van der Waals surface area contributed by atoms with Crippen LogP contribution in [0.5, 0.6) is 5.75 Å². The molecule has 0 bridgehead atoms.